The maximum absolute atomic E-state index is 10.9. The monoisotopic (exact) mass is 174 g/mol. The van der Waals surface area contributed by atoms with Crippen molar-refractivity contribution in [1.82, 2.24) is 0 Å². The summed E-state index contributed by atoms with van der Waals surface area (Å²) in [6, 6.07) is 0. The van der Waals surface area contributed by atoms with Gasteiger partial charge in [-0.15, -0.1) is 6.42 Å². The van der Waals surface area contributed by atoms with Crippen molar-refractivity contribution in [2.24, 2.45) is 5.92 Å². The Bertz CT molecular complexity index is 298. The van der Waals surface area contributed by atoms with Crippen molar-refractivity contribution in [3.05, 3.63) is 0 Å². The zero-order valence-electron chi connectivity index (χ0n) is 6.49. The van der Waals surface area contributed by atoms with Gasteiger partial charge in [0.1, 0.15) is 5.60 Å². The minimum atomic E-state index is -3.36. The molecule has 0 aromatic heterocycles. The maximum atomic E-state index is 10.9. The molecule has 1 aliphatic heterocycles. The first kappa shape index (κ1) is 8.57. The van der Waals surface area contributed by atoms with Crippen molar-refractivity contribution in [3.8, 4) is 12.3 Å². The van der Waals surface area contributed by atoms with E-state index in [9.17, 15) is 8.42 Å². The van der Waals surface area contributed by atoms with Gasteiger partial charge in [0.2, 0.25) is 0 Å². The van der Waals surface area contributed by atoms with E-state index in [0.29, 0.717) is 0 Å². The molecule has 2 unspecified atom stereocenters. The fourth-order valence-electron chi connectivity index (χ4n) is 1.01. The molecule has 0 spiro atoms. The van der Waals surface area contributed by atoms with Crippen LogP contribution in [0.2, 0.25) is 0 Å². The Morgan fingerprint density at radius 1 is 1.73 bits per heavy atom. The number of rotatable bonds is 0. The third-order valence-electron chi connectivity index (χ3n) is 1.98. The molecule has 1 fully saturated rings. The van der Waals surface area contributed by atoms with Crippen LogP contribution in [-0.2, 0) is 14.3 Å². The summed E-state index contributed by atoms with van der Waals surface area (Å²) in [4.78, 5) is 0. The quantitative estimate of drug-likeness (QED) is 0.394. The highest BCUT2D eigenvalue weighted by Crippen LogP contribution is 2.31. The molecular weight excluding hydrogens is 164 g/mol. The fraction of sp³-hybridized carbons (Fsp3) is 0.714. The fourth-order valence-corrected chi connectivity index (χ4v) is 2.75. The molecule has 4 heteroatoms. The van der Waals surface area contributed by atoms with E-state index in [1.807, 2.05) is 0 Å². The van der Waals surface area contributed by atoms with Crippen LogP contribution in [0, 0.1) is 18.3 Å². The molecule has 0 bridgehead atoms. The highest BCUT2D eigenvalue weighted by molar-refractivity contribution is 7.87. The van der Waals surface area contributed by atoms with E-state index in [4.69, 9.17) is 10.6 Å². The topological polar surface area (TPSA) is 43.4 Å². The second kappa shape index (κ2) is 2.23. The van der Waals surface area contributed by atoms with Crippen LogP contribution in [0.15, 0.2) is 0 Å². The van der Waals surface area contributed by atoms with Crippen LogP contribution >= 0.6 is 0 Å². The van der Waals surface area contributed by atoms with Gasteiger partial charge in [-0.2, -0.15) is 8.42 Å². The Morgan fingerprint density at radius 3 is 2.45 bits per heavy atom. The van der Waals surface area contributed by atoms with E-state index in [-0.39, 0.29) is 11.7 Å². The SMILES string of the molecule is C#CC1(C)OS(=O)(=O)CC1C. The summed E-state index contributed by atoms with van der Waals surface area (Å²) >= 11 is 0. The normalized spacial score (nSPS) is 41.7. The first-order valence-corrected chi connectivity index (χ1v) is 4.88. The summed E-state index contributed by atoms with van der Waals surface area (Å²) in [5.41, 5.74) is -0.932. The van der Waals surface area contributed by atoms with Crippen molar-refractivity contribution in [1.29, 1.82) is 0 Å². The summed E-state index contributed by atoms with van der Waals surface area (Å²) < 4.78 is 26.5. The van der Waals surface area contributed by atoms with Crippen LogP contribution in [0.1, 0.15) is 13.8 Å². The number of terminal acetylenes is 1. The van der Waals surface area contributed by atoms with Crippen molar-refractivity contribution >= 4 is 10.1 Å². The Balaban J connectivity index is 3.02. The van der Waals surface area contributed by atoms with Gasteiger partial charge in [-0.1, -0.05) is 12.8 Å². The lowest BCUT2D eigenvalue weighted by Crippen LogP contribution is -2.28. The largest absolute Gasteiger partial charge is 0.269 e. The van der Waals surface area contributed by atoms with Crippen molar-refractivity contribution in [2.75, 3.05) is 5.75 Å². The van der Waals surface area contributed by atoms with Crippen LogP contribution in [0.3, 0.4) is 0 Å². The van der Waals surface area contributed by atoms with Crippen molar-refractivity contribution in [3.63, 3.8) is 0 Å². The van der Waals surface area contributed by atoms with Crippen LogP contribution in [0.5, 0.6) is 0 Å². The summed E-state index contributed by atoms with van der Waals surface area (Å²) in [5.74, 6) is 2.24. The van der Waals surface area contributed by atoms with Crippen LogP contribution in [0.4, 0.5) is 0 Å². The summed E-state index contributed by atoms with van der Waals surface area (Å²) in [6.07, 6.45) is 5.14. The molecule has 3 nitrogen and oxygen atoms in total. The molecule has 62 valence electrons. The highest BCUT2D eigenvalue weighted by Gasteiger charge is 2.44. The van der Waals surface area contributed by atoms with Gasteiger partial charge in [-0.25, -0.2) is 0 Å². The minimum absolute atomic E-state index is 0.0215. The van der Waals surface area contributed by atoms with Crippen LogP contribution in [-0.4, -0.2) is 19.8 Å². The molecule has 0 aliphatic carbocycles. The lowest BCUT2D eigenvalue weighted by atomic mass is 9.94. The Kier molecular flexibility index (Phi) is 1.73. The lowest BCUT2D eigenvalue weighted by Gasteiger charge is -2.17. The molecular formula is C7H10O3S. The summed E-state index contributed by atoms with van der Waals surface area (Å²) in [5, 5.41) is 0. The molecule has 0 saturated carbocycles. The molecule has 0 amide bonds. The van der Waals surface area contributed by atoms with Crippen LogP contribution in [0.25, 0.3) is 0 Å². The molecule has 1 saturated heterocycles. The zero-order chi connectivity index (χ0) is 8.70. The predicted molar refractivity (Wildman–Crippen MR) is 41.3 cm³/mol. The molecule has 1 heterocycles. The van der Waals surface area contributed by atoms with E-state index in [1.54, 1.807) is 13.8 Å². The van der Waals surface area contributed by atoms with Gasteiger partial charge in [-0.05, 0) is 6.92 Å². The van der Waals surface area contributed by atoms with E-state index in [2.05, 4.69) is 5.92 Å². The average molecular weight is 174 g/mol. The zero-order valence-corrected chi connectivity index (χ0v) is 7.31. The average Bonchev–Trinajstić information content (AvgIpc) is 2.03. The molecule has 1 rings (SSSR count). The molecule has 1 aliphatic rings. The summed E-state index contributed by atoms with van der Waals surface area (Å²) in [7, 11) is -3.36. The number of hydrogen-bond acceptors (Lipinski definition) is 3. The maximum Gasteiger partial charge on any atom is 0.269 e. The van der Waals surface area contributed by atoms with Gasteiger partial charge >= 0.3 is 0 Å². The Morgan fingerprint density at radius 2 is 2.27 bits per heavy atom. The molecule has 0 aromatic rings. The predicted octanol–water partition coefficient (Wildman–Crippen LogP) is 0.374. The second-order valence-corrected chi connectivity index (χ2v) is 4.58. The third-order valence-corrected chi connectivity index (χ3v) is 3.49. The van der Waals surface area contributed by atoms with Gasteiger partial charge in [-0.3, -0.25) is 4.18 Å². The highest BCUT2D eigenvalue weighted by atomic mass is 32.2. The third kappa shape index (κ3) is 1.39. The Hall–Kier alpha value is -0.530. The molecule has 2 atom stereocenters. The standard InChI is InChI=1S/C7H10O3S/c1-4-7(3)6(2)5-11(8,9)10-7/h1,6H,5H2,2-3H3. The van der Waals surface area contributed by atoms with Gasteiger partial charge < -0.3 is 0 Å². The van der Waals surface area contributed by atoms with E-state index < -0.39 is 15.7 Å². The molecule has 0 N–H and O–H groups in total. The molecule has 0 radical (unpaired) electrons. The molecule has 0 aromatic carbocycles. The van der Waals surface area contributed by atoms with Gasteiger partial charge in [0, 0.05) is 5.92 Å². The van der Waals surface area contributed by atoms with E-state index in [0.717, 1.165) is 0 Å². The Labute approximate surface area is 66.9 Å². The van der Waals surface area contributed by atoms with Crippen molar-refractivity contribution in [2.45, 2.75) is 19.4 Å². The van der Waals surface area contributed by atoms with E-state index >= 15 is 0 Å². The smallest absolute Gasteiger partial charge is 0.250 e. The first-order valence-electron chi connectivity index (χ1n) is 3.31. The van der Waals surface area contributed by atoms with Crippen molar-refractivity contribution < 1.29 is 12.6 Å². The lowest BCUT2D eigenvalue weighted by molar-refractivity contribution is 0.144. The van der Waals surface area contributed by atoms with E-state index in [1.165, 1.54) is 0 Å². The number of hydrogen-bond donors (Lipinski definition) is 0. The van der Waals surface area contributed by atoms with Crippen LogP contribution < -0.4 is 0 Å². The van der Waals surface area contributed by atoms with Gasteiger partial charge in [0.15, 0.2) is 0 Å². The minimum Gasteiger partial charge on any atom is -0.250 e. The molecule has 11 heavy (non-hydrogen) atoms. The summed E-state index contributed by atoms with van der Waals surface area (Å²) in [6.45, 7) is 3.38. The second-order valence-electron chi connectivity index (χ2n) is 2.96. The first-order chi connectivity index (χ1) is 4.90. The van der Waals surface area contributed by atoms with Gasteiger partial charge in [0.05, 0.1) is 5.75 Å². The van der Waals surface area contributed by atoms with Gasteiger partial charge in [0.25, 0.3) is 10.1 Å².